The molecule has 0 spiro atoms. The lowest BCUT2D eigenvalue weighted by atomic mass is 10.0. The Kier molecular flexibility index (Phi) is 7.25. The van der Waals surface area contributed by atoms with Crippen LogP contribution in [0.15, 0.2) is 24.3 Å². The largest absolute Gasteiger partial charge is 0.494 e. The summed E-state index contributed by atoms with van der Waals surface area (Å²) in [5, 5.41) is 5.72. The van der Waals surface area contributed by atoms with Crippen LogP contribution in [0.3, 0.4) is 0 Å². The summed E-state index contributed by atoms with van der Waals surface area (Å²) in [6.45, 7) is 7.54. The zero-order valence-corrected chi connectivity index (χ0v) is 15.2. The molecular weight excluding hydrogens is 320 g/mol. The Hall–Kier alpha value is -2.08. The zero-order chi connectivity index (χ0) is 18.2. The van der Waals surface area contributed by atoms with Crippen LogP contribution < -0.4 is 15.4 Å². The number of hydrogen-bond acceptors (Lipinski definition) is 4. The molecule has 25 heavy (non-hydrogen) atoms. The summed E-state index contributed by atoms with van der Waals surface area (Å²) in [6.07, 6.45) is 2.08. The minimum absolute atomic E-state index is 0.0175. The van der Waals surface area contributed by atoms with E-state index >= 15 is 0 Å². The molecule has 6 nitrogen and oxygen atoms in total. The molecular formula is C19H28N2O4. The molecule has 0 bridgehead atoms. The summed E-state index contributed by atoms with van der Waals surface area (Å²) >= 11 is 0. The van der Waals surface area contributed by atoms with Gasteiger partial charge in [0.15, 0.2) is 0 Å². The molecule has 1 heterocycles. The molecule has 1 aromatic rings. The fourth-order valence-electron chi connectivity index (χ4n) is 2.76. The third-order valence-corrected chi connectivity index (χ3v) is 4.19. The molecule has 2 rings (SSSR count). The highest BCUT2D eigenvalue weighted by molar-refractivity contribution is 5.97. The van der Waals surface area contributed by atoms with Crippen molar-refractivity contribution in [2.75, 3.05) is 19.8 Å². The predicted molar refractivity (Wildman–Crippen MR) is 95.7 cm³/mol. The maximum Gasteiger partial charge on any atom is 0.251 e. The Morgan fingerprint density at radius 1 is 1.28 bits per heavy atom. The molecule has 2 atom stereocenters. The number of hydrogen-bond donors (Lipinski definition) is 2. The van der Waals surface area contributed by atoms with Crippen LogP contribution >= 0.6 is 0 Å². The quantitative estimate of drug-likeness (QED) is 0.755. The first-order valence-electron chi connectivity index (χ1n) is 8.94. The molecule has 2 N–H and O–H groups in total. The van der Waals surface area contributed by atoms with E-state index in [0.717, 1.165) is 19.4 Å². The highest BCUT2D eigenvalue weighted by Crippen LogP contribution is 2.13. The van der Waals surface area contributed by atoms with Crippen LogP contribution in [-0.2, 0) is 9.53 Å². The van der Waals surface area contributed by atoms with E-state index in [0.29, 0.717) is 24.5 Å². The summed E-state index contributed by atoms with van der Waals surface area (Å²) in [7, 11) is 0. The van der Waals surface area contributed by atoms with Crippen LogP contribution in [0.4, 0.5) is 0 Å². The maximum atomic E-state index is 12.4. The number of carbonyl (C=O) groups is 2. The number of nitrogens with one attached hydrogen (secondary N) is 2. The first-order valence-corrected chi connectivity index (χ1v) is 8.94. The van der Waals surface area contributed by atoms with Crippen molar-refractivity contribution < 1.29 is 19.1 Å². The first-order chi connectivity index (χ1) is 12.0. The van der Waals surface area contributed by atoms with Gasteiger partial charge in [0, 0.05) is 18.7 Å². The van der Waals surface area contributed by atoms with Crippen LogP contribution in [0, 0.1) is 5.92 Å². The fourth-order valence-corrected chi connectivity index (χ4v) is 2.76. The van der Waals surface area contributed by atoms with Crippen molar-refractivity contribution in [1.82, 2.24) is 10.6 Å². The van der Waals surface area contributed by atoms with Gasteiger partial charge in [0.25, 0.3) is 5.91 Å². The molecule has 0 saturated carbocycles. The summed E-state index contributed by atoms with van der Waals surface area (Å²) in [4.78, 5) is 24.9. The molecule has 2 amide bonds. The lowest BCUT2D eigenvalue weighted by Gasteiger charge is -2.22. The standard InChI is InChI=1S/C19H28N2O4/c1-4-24-15-9-7-14(8-10-15)18(22)21-17(13(2)3)19(23)20-12-16-6-5-11-25-16/h7-10,13,16-17H,4-6,11-12H2,1-3H3,(H,20,23)(H,21,22)/t16-,17-/m1/s1. The molecule has 0 aromatic heterocycles. The van der Waals surface area contributed by atoms with Gasteiger partial charge in [-0.05, 0) is 49.9 Å². The topological polar surface area (TPSA) is 76.7 Å². The van der Waals surface area contributed by atoms with Gasteiger partial charge in [-0.25, -0.2) is 0 Å². The van der Waals surface area contributed by atoms with Gasteiger partial charge in [-0.15, -0.1) is 0 Å². The second kappa shape index (κ2) is 9.42. The van der Waals surface area contributed by atoms with E-state index in [-0.39, 0.29) is 23.8 Å². The molecule has 0 aliphatic carbocycles. The number of benzene rings is 1. The molecule has 1 saturated heterocycles. The fraction of sp³-hybridized carbons (Fsp3) is 0.579. The Balaban J connectivity index is 1.92. The van der Waals surface area contributed by atoms with E-state index in [1.54, 1.807) is 24.3 Å². The third kappa shape index (κ3) is 5.74. The Bertz CT molecular complexity index is 565. The summed E-state index contributed by atoms with van der Waals surface area (Å²) < 4.78 is 10.9. The van der Waals surface area contributed by atoms with Gasteiger partial charge in [-0.1, -0.05) is 13.8 Å². The maximum absolute atomic E-state index is 12.4. The molecule has 1 aromatic carbocycles. The van der Waals surface area contributed by atoms with Crippen LogP contribution in [0.25, 0.3) is 0 Å². The van der Waals surface area contributed by atoms with Gasteiger partial charge < -0.3 is 20.1 Å². The number of carbonyl (C=O) groups excluding carboxylic acids is 2. The molecule has 0 unspecified atom stereocenters. The van der Waals surface area contributed by atoms with E-state index in [1.807, 2.05) is 20.8 Å². The summed E-state index contributed by atoms with van der Waals surface area (Å²) in [5.41, 5.74) is 0.501. The second-order valence-corrected chi connectivity index (χ2v) is 6.53. The van der Waals surface area contributed by atoms with Gasteiger partial charge >= 0.3 is 0 Å². The van der Waals surface area contributed by atoms with E-state index in [4.69, 9.17) is 9.47 Å². The lowest BCUT2D eigenvalue weighted by molar-refractivity contribution is -0.124. The second-order valence-electron chi connectivity index (χ2n) is 6.53. The van der Waals surface area contributed by atoms with Crippen LogP contribution in [0.2, 0.25) is 0 Å². The molecule has 0 radical (unpaired) electrons. The monoisotopic (exact) mass is 348 g/mol. The van der Waals surface area contributed by atoms with E-state index in [2.05, 4.69) is 10.6 Å². The Morgan fingerprint density at radius 2 is 2.00 bits per heavy atom. The van der Waals surface area contributed by atoms with Crippen molar-refractivity contribution in [2.24, 2.45) is 5.92 Å². The normalized spacial score (nSPS) is 18.0. The van der Waals surface area contributed by atoms with E-state index in [9.17, 15) is 9.59 Å². The lowest BCUT2D eigenvalue weighted by Crippen LogP contribution is -2.50. The van der Waals surface area contributed by atoms with Crippen molar-refractivity contribution in [3.63, 3.8) is 0 Å². The van der Waals surface area contributed by atoms with E-state index in [1.165, 1.54) is 0 Å². The average Bonchev–Trinajstić information content (AvgIpc) is 3.11. The average molecular weight is 348 g/mol. The molecule has 1 aliphatic rings. The van der Waals surface area contributed by atoms with Crippen LogP contribution in [-0.4, -0.2) is 43.7 Å². The van der Waals surface area contributed by atoms with Crippen molar-refractivity contribution in [3.8, 4) is 5.75 Å². The van der Waals surface area contributed by atoms with Gasteiger partial charge in [0.1, 0.15) is 11.8 Å². The van der Waals surface area contributed by atoms with Gasteiger partial charge in [0.05, 0.1) is 12.7 Å². The van der Waals surface area contributed by atoms with Crippen molar-refractivity contribution >= 4 is 11.8 Å². The summed E-state index contributed by atoms with van der Waals surface area (Å²) in [5.74, 6) is 0.253. The minimum atomic E-state index is -0.583. The number of amides is 2. The van der Waals surface area contributed by atoms with Gasteiger partial charge in [-0.2, -0.15) is 0 Å². The third-order valence-electron chi connectivity index (χ3n) is 4.19. The summed E-state index contributed by atoms with van der Waals surface area (Å²) in [6, 6.07) is 6.31. The van der Waals surface area contributed by atoms with Crippen LogP contribution in [0.5, 0.6) is 5.75 Å². The predicted octanol–water partition coefficient (Wildman–Crippen LogP) is 2.13. The highest BCUT2D eigenvalue weighted by atomic mass is 16.5. The minimum Gasteiger partial charge on any atom is -0.494 e. The van der Waals surface area contributed by atoms with Crippen molar-refractivity contribution in [2.45, 2.75) is 45.8 Å². The molecule has 6 heteroatoms. The molecule has 1 fully saturated rings. The zero-order valence-electron chi connectivity index (χ0n) is 15.2. The first kappa shape index (κ1) is 19.2. The Morgan fingerprint density at radius 3 is 2.56 bits per heavy atom. The van der Waals surface area contributed by atoms with Gasteiger partial charge in [-0.3, -0.25) is 9.59 Å². The van der Waals surface area contributed by atoms with Crippen molar-refractivity contribution in [3.05, 3.63) is 29.8 Å². The molecule has 1 aliphatic heterocycles. The number of ether oxygens (including phenoxy) is 2. The Labute approximate surface area is 149 Å². The van der Waals surface area contributed by atoms with Crippen molar-refractivity contribution in [1.29, 1.82) is 0 Å². The van der Waals surface area contributed by atoms with Crippen LogP contribution in [0.1, 0.15) is 44.0 Å². The van der Waals surface area contributed by atoms with E-state index < -0.39 is 6.04 Å². The molecule has 138 valence electrons. The smallest absolute Gasteiger partial charge is 0.251 e. The highest BCUT2D eigenvalue weighted by Gasteiger charge is 2.26. The SMILES string of the molecule is CCOc1ccc(C(=O)N[C@@H](C(=O)NC[C@H]2CCCO2)C(C)C)cc1. The number of rotatable bonds is 8. The van der Waals surface area contributed by atoms with Gasteiger partial charge in [0.2, 0.25) is 5.91 Å².